The third-order valence-electron chi connectivity index (χ3n) is 5.33. The van der Waals surface area contributed by atoms with E-state index in [1.807, 2.05) is 0 Å². The lowest BCUT2D eigenvalue weighted by Crippen LogP contribution is -2.64. The van der Waals surface area contributed by atoms with Crippen molar-refractivity contribution < 1.29 is 32.4 Å². The van der Waals surface area contributed by atoms with Crippen LogP contribution in [-0.2, 0) is 9.47 Å². The predicted molar refractivity (Wildman–Crippen MR) is 108 cm³/mol. The van der Waals surface area contributed by atoms with Crippen LogP contribution in [0.1, 0.15) is 11.5 Å². The van der Waals surface area contributed by atoms with Crippen molar-refractivity contribution in [2.24, 2.45) is 0 Å². The molecular weight excluding hydrogens is 428 g/mol. The van der Waals surface area contributed by atoms with Gasteiger partial charge < -0.3 is 34.4 Å². The third kappa shape index (κ3) is 4.50. The van der Waals surface area contributed by atoms with Gasteiger partial charge in [0.15, 0.2) is 17.4 Å². The van der Waals surface area contributed by atoms with Crippen LogP contribution in [0.25, 0.3) is 0 Å². The second kappa shape index (κ2) is 8.71. The van der Waals surface area contributed by atoms with Crippen LogP contribution in [0.5, 0.6) is 0 Å². The molecule has 2 aliphatic rings. The number of nitrogens with zero attached hydrogens (tertiary/aromatic N) is 3. The number of amides is 4. The lowest BCUT2D eigenvalue weighted by molar-refractivity contribution is -0.281. The second-order valence-electron chi connectivity index (χ2n) is 7.64. The SMILES string of the molecule is Cc1noc(C)c1NC(=O)N1CCOC2(CN(C(=O)Nc3ccc(F)c(F)c3)CCO2)C1. The van der Waals surface area contributed by atoms with Crippen LogP contribution < -0.4 is 10.6 Å². The van der Waals surface area contributed by atoms with Gasteiger partial charge in [0.1, 0.15) is 11.4 Å². The van der Waals surface area contributed by atoms with Gasteiger partial charge in [0.2, 0.25) is 5.79 Å². The van der Waals surface area contributed by atoms with Crippen LogP contribution in [0.3, 0.4) is 0 Å². The van der Waals surface area contributed by atoms with Gasteiger partial charge in [0, 0.05) is 24.8 Å². The number of ether oxygens (including phenoxy) is 2. The average molecular weight is 451 g/mol. The molecule has 172 valence electrons. The zero-order chi connectivity index (χ0) is 22.9. The van der Waals surface area contributed by atoms with E-state index in [4.69, 9.17) is 14.0 Å². The highest BCUT2D eigenvalue weighted by Crippen LogP contribution is 2.27. The Morgan fingerprint density at radius 2 is 1.62 bits per heavy atom. The number of urea groups is 2. The third-order valence-corrected chi connectivity index (χ3v) is 5.33. The molecule has 2 saturated heterocycles. The van der Waals surface area contributed by atoms with E-state index in [-0.39, 0.29) is 44.6 Å². The van der Waals surface area contributed by atoms with Crippen LogP contribution in [0.15, 0.2) is 22.7 Å². The van der Waals surface area contributed by atoms with Crippen molar-refractivity contribution in [1.29, 1.82) is 0 Å². The summed E-state index contributed by atoms with van der Waals surface area (Å²) in [6.07, 6.45) is 0. The van der Waals surface area contributed by atoms with Gasteiger partial charge in [0.05, 0.1) is 26.3 Å². The summed E-state index contributed by atoms with van der Waals surface area (Å²) in [5.74, 6) is -2.76. The van der Waals surface area contributed by atoms with Crippen molar-refractivity contribution in [1.82, 2.24) is 15.0 Å². The summed E-state index contributed by atoms with van der Waals surface area (Å²) in [5, 5.41) is 9.14. The summed E-state index contributed by atoms with van der Waals surface area (Å²) >= 11 is 0. The summed E-state index contributed by atoms with van der Waals surface area (Å²) in [5.41, 5.74) is 1.19. The van der Waals surface area contributed by atoms with Gasteiger partial charge in [-0.15, -0.1) is 0 Å². The normalized spacial score (nSPS) is 21.0. The van der Waals surface area contributed by atoms with Gasteiger partial charge in [-0.05, 0) is 26.0 Å². The first-order valence-corrected chi connectivity index (χ1v) is 10.0. The molecule has 2 fully saturated rings. The zero-order valence-electron chi connectivity index (χ0n) is 17.6. The Hall–Kier alpha value is -3.25. The highest BCUT2D eigenvalue weighted by Gasteiger charge is 2.44. The summed E-state index contributed by atoms with van der Waals surface area (Å²) in [6.45, 7) is 4.57. The number of rotatable bonds is 2. The molecule has 2 N–H and O–H groups in total. The molecular formula is C20H23F2N5O5. The largest absolute Gasteiger partial charge is 0.359 e. The topological polar surface area (TPSA) is 109 Å². The first-order chi connectivity index (χ1) is 15.3. The van der Waals surface area contributed by atoms with Gasteiger partial charge in [0.25, 0.3) is 0 Å². The van der Waals surface area contributed by atoms with E-state index >= 15 is 0 Å². The van der Waals surface area contributed by atoms with Gasteiger partial charge in [-0.25, -0.2) is 18.4 Å². The van der Waals surface area contributed by atoms with Gasteiger partial charge in [-0.2, -0.15) is 0 Å². The number of benzene rings is 1. The lowest BCUT2D eigenvalue weighted by atomic mass is 10.1. The Morgan fingerprint density at radius 3 is 2.19 bits per heavy atom. The zero-order valence-corrected chi connectivity index (χ0v) is 17.6. The molecule has 0 aliphatic carbocycles. The van der Waals surface area contributed by atoms with Crippen molar-refractivity contribution in [3.63, 3.8) is 0 Å². The predicted octanol–water partition coefficient (Wildman–Crippen LogP) is 2.69. The molecule has 1 aromatic carbocycles. The molecule has 1 aromatic heterocycles. The first kappa shape index (κ1) is 22.0. The van der Waals surface area contributed by atoms with Crippen molar-refractivity contribution in [3.05, 3.63) is 41.3 Å². The fourth-order valence-electron chi connectivity index (χ4n) is 3.67. The smallest absolute Gasteiger partial charge is 0.322 e. The Balaban J connectivity index is 1.41. The van der Waals surface area contributed by atoms with Crippen LogP contribution in [0.4, 0.5) is 29.7 Å². The number of aromatic nitrogens is 1. The van der Waals surface area contributed by atoms with Gasteiger partial charge in [-0.1, -0.05) is 5.16 Å². The number of hydrogen-bond donors (Lipinski definition) is 2. The number of nitrogens with one attached hydrogen (secondary N) is 2. The van der Waals surface area contributed by atoms with E-state index in [2.05, 4.69) is 15.8 Å². The number of carbonyl (C=O) groups excluding carboxylic acids is 2. The van der Waals surface area contributed by atoms with Crippen LogP contribution in [0.2, 0.25) is 0 Å². The molecule has 4 amide bonds. The molecule has 4 rings (SSSR count). The standard InChI is InChI=1S/C20H23F2N5O5/c1-12-17(13(2)32-25-12)24-19(29)27-6-8-31-20(11-27)10-26(5-7-30-20)18(28)23-14-3-4-15(21)16(22)9-14/h3-4,9H,5-8,10-11H2,1-2H3,(H,23,28)(H,24,29). The monoisotopic (exact) mass is 451 g/mol. The highest BCUT2D eigenvalue weighted by molar-refractivity contribution is 5.91. The second-order valence-corrected chi connectivity index (χ2v) is 7.64. The van der Waals surface area contributed by atoms with E-state index in [1.54, 1.807) is 13.8 Å². The summed E-state index contributed by atoms with van der Waals surface area (Å²) < 4.78 is 43.3. The van der Waals surface area contributed by atoms with Crippen molar-refractivity contribution in [3.8, 4) is 0 Å². The Morgan fingerprint density at radius 1 is 1.00 bits per heavy atom. The Kier molecular flexibility index (Phi) is 5.98. The van der Waals surface area contributed by atoms with Gasteiger partial charge >= 0.3 is 12.1 Å². The molecule has 2 aliphatic heterocycles. The molecule has 1 atom stereocenters. The molecule has 1 unspecified atom stereocenters. The number of carbonyl (C=O) groups is 2. The Bertz CT molecular complexity index is 1010. The molecule has 0 bridgehead atoms. The fraction of sp³-hybridized carbons (Fsp3) is 0.450. The quantitative estimate of drug-likeness (QED) is 0.727. The minimum absolute atomic E-state index is 0.0532. The summed E-state index contributed by atoms with van der Waals surface area (Å²) in [7, 11) is 0. The summed E-state index contributed by atoms with van der Waals surface area (Å²) in [6, 6.07) is 2.23. The number of hydrogen-bond acceptors (Lipinski definition) is 6. The average Bonchev–Trinajstić information content (AvgIpc) is 3.08. The molecule has 3 heterocycles. The maximum absolute atomic E-state index is 13.4. The van der Waals surface area contributed by atoms with Crippen LogP contribution in [0, 0.1) is 25.5 Å². The van der Waals surface area contributed by atoms with E-state index < -0.39 is 23.5 Å². The molecule has 0 radical (unpaired) electrons. The molecule has 12 heteroatoms. The van der Waals surface area contributed by atoms with E-state index in [0.29, 0.717) is 23.7 Å². The number of anilines is 2. The van der Waals surface area contributed by atoms with Crippen molar-refractivity contribution in [2.45, 2.75) is 19.6 Å². The number of aryl methyl sites for hydroxylation is 2. The molecule has 0 saturated carbocycles. The molecule has 2 aromatic rings. The van der Waals surface area contributed by atoms with E-state index in [0.717, 1.165) is 12.1 Å². The lowest BCUT2D eigenvalue weighted by Gasteiger charge is -2.47. The Labute approximate surface area is 182 Å². The molecule has 10 nitrogen and oxygen atoms in total. The van der Waals surface area contributed by atoms with Crippen molar-refractivity contribution in [2.75, 3.05) is 50.0 Å². The van der Waals surface area contributed by atoms with Crippen molar-refractivity contribution >= 4 is 23.4 Å². The molecule has 32 heavy (non-hydrogen) atoms. The van der Waals surface area contributed by atoms with Gasteiger partial charge in [-0.3, -0.25) is 0 Å². The van der Waals surface area contributed by atoms with E-state index in [9.17, 15) is 18.4 Å². The van der Waals surface area contributed by atoms with Crippen LogP contribution in [-0.4, -0.2) is 72.2 Å². The summed E-state index contributed by atoms with van der Waals surface area (Å²) in [4.78, 5) is 28.4. The van der Waals surface area contributed by atoms with Crippen LogP contribution >= 0.6 is 0 Å². The fourth-order valence-corrected chi connectivity index (χ4v) is 3.67. The first-order valence-electron chi connectivity index (χ1n) is 10.0. The maximum Gasteiger partial charge on any atom is 0.322 e. The highest BCUT2D eigenvalue weighted by atomic mass is 19.2. The minimum atomic E-state index is -1.20. The maximum atomic E-state index is 13.4. The number of halogens is 2. The number of morpholine rings is 2. The van der Waals surface area contributed by atoms with E-state index in [1.165, 1.54) is 15.9 Å². The minimum Gasteiger partial charge on any atom is -0.359 e. The molecule has 1 spiro atoms.